The van der Waals surface area contributed by atoms with E-state index in [0.29, 0.717) is 38.5 Å². The number of carbonyl (C=O) groups is 4. The number of carbonyl (C=O) groups excluding carboxylic acids is 4. The van der Waals surface area contributed by atoms with E-state index in [1.54, 1.807) is 0 Å². The Balaban J connectivity index is 5.49. The van der Waals surface area contributed by atoms with Crippen LogP contribution in [-0.4, -0.2) is 96.7 Å². The van der Waals surface area contributed by atoms with E-state index in [2.05, 4.69) is 149 Å². The highest BCUT2D eigenvalue weighted by atomic mass is 31.2. The minimum atomic E-state index is -5.01. The Bertz CT molecular complexity index is 2660. The van der Waals surface area contributed by atoms with Gasteiger partial charge in [0, 0.05) is 25.7 Å². The molecule has 17 nitrogen and oxygen atoms in total. The van der Waals surface area contributed by atoms with Gasteiger partial charge in [-0.25, -0.2) is 9.13 Å². The molecule has 0 spiro atoms. The molecule has 0 heterocycles. The van der Waals surface area contributed by atoms with Gasteiger partial charge in [-0.2, -0.15) is 0 Å². The molecule has 0 saturated carbocycles. The molecule has 0 aromatic carbocycles. The third-order valence-corrected chi connectivity index (χ3v) is 18.9. The summed E-state index contributed by atoms with van der Waals surface area (Å²) in [5, 5.41) is 10.7. The molecule has 616 valence electrons. The Labute approximate surface area is 655 Å². The molecule has 2 unspecified atom stereocenters. The number of phosphoric acid groups is 2. The van der Waals surface area contributed by atoms with Gasteiger partial charge < -0.3 is 33.8 Å². The number of unbranched alkanes of at least 4 members (excludes halogenated alkanes) is 25. The number of aliphatic hydroxyl groups excluding tert-OH is 1. The van der Waals surface area contributed by atoms with Crippen molar-refractivity contribution in [3.8, 4) is 0 Å². The summed E-state index contributed by atoms with van der Waals surface area (Å²) >= 11 is 0. The van der Waals surface area contributed by atoms with E-state index in [9.17, 15) is 43.2 Å². The van der Waals surface area contributed by atoms with Gasteiger partial charge in [0.15, 0.2) is 12.2 Å². The topological polar surface area (TPSA) is 237 Å². The van der Waals surface area contributed by atoms with E-state index in [0.717, 1.165) is 128 Å². The fraction of sp³-hybridized carbons (Fsp3) is 0.663. The molecule has 5 atom stereocenters. The van der Waals surface area contributed by atoms with Crippen LogP contribution in [-0.2, 0) is 65.4 Å². The third-order valence-electron chi connectivity index (χ3n) is 17.0. The van der Waals surface area contributed by atoms with Crippen LogP contribution in [0.25, 0.3) is 0 Å². The van der Waals surface area contributed by atoms with Crippen LogP contribution in [0.2, 0.25) is 0 Å². The maximum Gasteiger partial charge on any atom is 0.472 e. The number of aliphatic hydroxyl groups is 1. The molecule has 0 aliphatic rings. The van der Waals surface area contributed by atoms with Gasteiger partial charge in [-0.1, -0.05) is 327 Å². The highest BCUT2D eigenvalue weighted by Gasteiger charge is 2.30. The standard InChI is InChI=1S/C89H148O17P2/c1-5-9-13-17-21-25-29-33-37-39-41-43-47-49-53-57-61-65-69-73-86(91)99-79-84(105-88(93)75-71-67-63-59-55-51-45-35-31-27-23-19-15-11-7-3)81-103-107(95,96)101-77-83(90)78-102-108(97,98)104-82-85(106-89(94)76-72-68-64-60-56-52-46-36-32-28-24-20-16-12-8-4)80-100-87(92)74-70-66-62-58-54-50-48-44-42-40-38-34-30-26-22-18-14-10-6-2/h9-10,13-14,21-22,25-26,33-35,37-38,41-45,49-50,53-54,61-62,65-66,83-85,90H,5-8,11-12,15-20,23-24,27-32,36,39-40,46-48,51-52,55-60,63-64,67-82H2,1-4H3,(H,95,96)(H,97,98)/b13-9-,14-10-,25-21-,26-22-,37-33-,38-34-,43-41-,44-42-,45-35-,53-49-,54-50-,65-61-,66-62-/t83-,84-,85-/m1/s1. The normalized spacial score (nSPS) is 14.6. The first-order valence-electron chi connectivity index (χ1n) is 41.7. The number of hydrogen-bond acceptors (Lipinski definition) is 15. The molecule has 0 amide bonds. The average Bonchev–Trinajstić information content (AvgIpc) is 0.923. The number of esters is 4. The van der Waals surface area contributed by atoms with E-state index in [1.165, 1.54) is 103 Å². The van der Waals surface area contributed by atoms with E-state index in [4.69, 9.17) is 37.0 Å². The second kappa shape index (κ2) is 79.8. The zero-order valence-corrected chi connectivity index (χ0v) is 69.3. The quantitative estimate of drug-likeness (QED) is 0.0169. The molecule has 19 heteroatoms. The van der Waals surface area contributed by atoms with Crippen LogP contribution >= 0.6 is 15.6 Å². The minimum absolute atomic E-state index is 0.0297. The second-order valence-corrected chi connectivity index (χ2v) is 30.2. The van der Waals surface area contributed by atoms with Gasteiger partial charge >= 0.3 is 39.5 Å². The molecule has 0 saturated heterocycles. The predicted octanol–water partition coefficient (Wildman–Crippen LogP) is 24.8. The lowest BCUT2D eigenvalue weighted by molar-refractivity contribution is -0.161. The monoisotopic (exact) mass is 1550 g/mol. The Morgan fingerprint density at radius 1 is 0.269 bits per heavy atom. The van der Waals surface area contributed by atoms with Crippen molar-refractivity contribution < 1.29 is 80.2 Å². The van der Waals surface area contributed by atoms with Gasteiger partial charge in [0.05, 0.1) is 26.4 Å². The Hall–Kier alpha value is -5.32. The fourth-order valence-corrected chi connectivity index (χ4v) is 12.3. The second-order valence-electron chi connectivity index (χ2n) is 27.3. The molecule has 0 bridgehead atoms. The molecule has 0 aromatic rings. The van der Waals surface area contributed by atoms with Gasteiger partial charge in [0.1, 0.15) is 19.3 Å². The van der Waals surface area contributed by atoms with Crippen LogP contribution in [0.15, 0.2) is 158 Å². The summed E-state index contributed by atoms with van der Waals surface area (Å²) in [6.07, 6.45) is 93.9. The largest absolute Gasteiger partial charge is 0.472 e. The van der Waals surface area contributed by atoms with Gasteiger partial charge in [-0.15, -0.1) is 0 Å². The lowest BCUT2D eigenvalue weighted by Gasteiger charge is -2.21. The highest BCUT2D eigenvalue weighted by molar-refractivity contribution is 7.47. The lowest BCUT2D eigenvalue weighted by atomic mass is 10.0. The van der Waals surface area contributed by atoms with Gasteiger partial charge in [0.2, 0.25) is 0 Å². The molecule has 3 N–H and O–H groups in total. The summed E-state index contributed by atoms with van der Waals surface area (Å²) in [6.45, 7) is 4.49. The van der Waals surface area contributed by atoms with Gasteiger partial charge in [0.25, 0.3) is 0 Å². The van der Waals surface area contributed by atoms with Crippen molar-refractivity contribution in [1.82, 2.24) is 0 Å². The van der Waals surface area contributed by atoms with Crippen molar-refractivity contribution >= 4 is 39.5 Å². The highest BCUT2D eigenvalue weighted by Crippen LogP contribution is 2.45. The van der Waals surface area contributed by atoms with Crippen molar-refractivity contribution in [3.05, 3.63) is 158 Å². The Kier molecular flexibility index (Phi) is 75.8. The Morgan fingerprint density at radius 3 is 0.778 bits per heavy atom. The number of ether oxygens (including phenoxy) is 4. The van der Waals surface area contributed by atoms with Crippen LogP contribution in [0, 0.1) is 0 Å². The first-order valence-corrected chi connectivity index (χ1v) is 44.7. The first-order chi connectivity index (χ1) is 52.7. The number of allylic oxidation sites excluding steroid dienone is 26. The maximum atomic E-state index is 13.1. The van der Waals surface area contributed by atoms with Crippen molar-refractivity contribution in [3.63, 3.8) is 0 Å². The average molecular weight is 1550 g/mol. The number of rotatable bonds is 77. The van der Waals surface area contributed by atoms with E-state index < -0.39 is 97.5 Å². The zero-order chi connectivity index (χ0) is 78.9. The number of phosphoric ester groups is 2. The van der Waals surface area contributed by atoms with Crippen LogP contribution in [0.1, 0.15) is 323 Å². The molecular formula is C89H148O17P2. The van der Waals surface area contributed by atoms with Gasteiger partial charge in [-0.3, -0.25) is 37.3 Å². The maximum absolute atomic E-state index is 13.1. The van der Waals surface area contributed by atoms with Crippen LogP contribution < -0.4 is 0 Å². The summed E-state index contributed by atoms with van der Waals surface area (Å²) in [4.78, 5) is 73.1. The van der Waals surface area contributed by atoms with Crippen molar-refractivity contribution in [2.75, 3.05) is 39.6 Å². The summed E-state index contributed by atoms with van der Waals surface area (Å²) in [6, 6.07) is 0. The van der Waals surface area contributed by atoms with E-state index in [-0.39, 0.29) is 25.7 Å². The van der Waals surface area contributed by atoms with E-state index in [1.807, 2.05) is 36.5 Å². The molecule has 0 aromatic heterocycles. The molecular weight excluding hydrogens is 1400 g/mol. The predicted molar refractivity (Wildman–Crippen MR) is 445 cm³/mol. The molecule has 0 fully saturated rings. The summed E-state index contributed by atoms with van der Waals surface area (Å²) < 4.78 is 68.6. The summed E-state index contributed by atoms with van der Waals surface area (Å²) in [7, 11) is -10.0. The summed E-state index contributed by atoms with van der Waals surface area (Å²) in [5.41, 5.74) is 0. The van der Waals surface area contributed by atoms with Crippen LogP contribution in [0.3, 0.4) is 0 Å². The molecule has 0 rings (SSSR count). The molecule has 0 aliphatic carbocycles. The van der Waals surface area contributed by atoms with Crippen LogP contribution in [0.5, 0.6) is 0 Å². The van der Waals surface area contributed by atoms with E-state index >= 15 is 0 Å². The van der Waals surface area contributed by atoms with Crippen molar-refractivity contribution in [1.29, 1.82) is 0 Å². The van der Waals surface area contributed by atoms with Crippen LogP contribution in [0.4, 0.5) is 0 Å². The zero-order valence-electron chi connectivity index (χ0n) is 67.5. The number of hydrogen-bond donors (Lipinski definition) is 3. The molecule has 108 heavy (non-hydrogen) atoms. The minimum Gasteiger partial charge on any atom is -0.462 e. The SMILES string of the molecule is CC/C=C\C/C=C\C/C=C\C/C=C\C/C=C\C/C=C\CCC(=O)OC[C@H](COP(=O)(O)OC[C@@H](O)COP(=O)(O)OC[C@@H](COC(=O)CC/C=C\C/C=C\C/C=C\C/C=C\C/C=C\C/C=C\CC)OC(=O)CCCCCCCCCCCCCCCCC)OC(=O)CCCCCCC/C=C\CCCCCCCC. The summed E-state index contributed by atoms with van der Waals surface area (Å²) in [5.74, 6) is -2.38. The van der Waals surface area contributed by atoms with Gasteiger partial charge in [-0.05, 0) is 128 Å². The first kappa shape index (κ1) is 103. The molecule has 0 radical (unpaired) electrons. The lowest BCUT2D eigenvalue weighted by Crippen LogP contribution is -2.30. The Morgan fingerprint density at radius 2 is 0.500 bits per heavy atom. The smallest absolute Gasteiger partial charge is 0.462 e. The van der Waals surface area contributed by atoms with Crippen molar-refractivity contribution in [2.45, 2.75) is 341 Å². The third kappa shape index (κ3) is 78.8. The van der Waals surface area contributed by atoms with Crippen molar-refractivity contribution in [2.24, 2.45) is 0 Å². The molecule has 0 aliphatic heterocycles. The fourth-order valence-electron chi connectivity index (χ4n) is 10.7.